The lowest BCUT2D eigenvalue weighted by molar-refractivity contribution is -0.139. The van der Waals surface area contributed by atoms with Gasteiger partial charge in [-0.15, -0.1) is 0 Å². The highest BCUT2D eigenvalue weighted by Crippen LogP contribution is 2.40. The molecule has 46 heavy (non-hydrogen) atoms. The number of ether oxygens (including phenoxy) is 4. The predicted octanol–water partition coefficient (Wildman–Crippen LogP) is 6.88. The van der Waals surface area contributed by atoms with Gasteiger partial charge in [-0.3, -0.25) is 9.20 Å². The van der Waals surface area contributed by atoms with Crippen LogP contribution in [0.25, 0.3) is 28.0 Å². The van der Waals surface area contributed by atoms with Crippen LogP contribution in [-0.4, -0.2) is 67.6 Å². The minimum atomic E-state index is -0.982. The third kappa shape index (κ3) is 6.20. The van der Waals surface area contributed by atoms with Crippen LogP contribution in [0, 0.1) is 18.6 Å². The molecule has 0 saturated carbocycles. The Kier molecular flexibility index (Phi) is 9.03. The van der Waals surface area contributed by atoms with E-state index in [1.165, 1.54) is 7.11 Å². The number of esters is 1. The minimum absolute atomic E-state index is 0.131. The van der Waals surface area contributed by atoms with Gasteiger partial charge in [-0.1, -0.05) is 32.0 Å². The van der Waals surface area contributed by atoms with Gasteiger partial charge < -0.3 is 23.8 Å². The second-order valence-electron chi connectivity index (χ2n) is 12.7. The fraction of sp³-hybridized carbons (Fsp3) is 0.444. The number of fused-ring (bicyclic) bond motifs is 8. The van der Waals surface area contributed by atoms with Crippen molar-refractivity contribution in [1.82, 2.24) is 9.38 Å². The number of nitrogens with zero attached hydrogens (tertiary/aromatic N) is 3. The number of methoxy groups -OCH3 is 1. The van der Waals surface area contributed by atoms with E-state index in [1.54, 1.807) is 0 Å². The third-order valence-electron chi connectivity index (χ3n) is 9.20. The van der Waals surface area contributed by atoms with E-state index in [1.807, 2.05) is 30.5 Å². The zero-order valence-corrected chi connectivity index (χ0v) is 27.1. The van der Waals surface area contributed by atoms with Crippen LogP contribution in [0.3, 0.4) is 0 Å². The summed E-state index contributed by atoms with van der Waals surface area (Å²) in [5, 5.41) is 0. The topological polar surface area (TPSA) is 74.5 Å². The van der Waals surface area contributed by atoms with Crippen LogP contribution in [-0.2, 0) is 25.4 Å². The lowest BCUT2D eigenvalue weighted by Gasteiger charge is -2.41. The van der Waals surface area contributed by atoms with Crippen molar-refractivity contribution >= 4 is 17.4 Å². The van der Waals surface area contributed by atoms with Crippen molar-refractivity contribution in [3.63, 3.8) is 0 Å². The average Bonchev–Trinajstić information content (AvgIpc) is 3.47. The summed E-state index contributed by atoms with van der Waals surface area (Å²) in [5.41, 5.74) is 6.12. The van der Waals surface area contributed by atoms with E-state index in [2.05, 4.69) is 37.0 Å². The average molecular weight is 634 g/mol. The highest BCUT2D eigenvalue weighted by atomic mass is 19.2. The monoisotopic (exact) mass is 633 g/mol. The van der Waals surface area contributed by atoms with Crippen molar-refractivity contribution < 1.29 is 32.5 Å². The molecule has 244 valence electrons. The molecule has 10 heteroatoms. The number of carbonyl (C=O) groups excluding carboxylic acids is 1. The van der Waals surface area contributed by atoms with E-state index in [0.717, 1.165) is 77.5 Å². The van der Waals surface area contributed by atoms with Crippen LogP contribution in [0.15, 0.2) is 42.6 Å². The molecule has 1 saturated heterocycles. The molecule has 7 rings (SSSR count). The number of pyridine rings is 1. The number of halogens is 2. The molecule has 0 aliphatic carbocycles. The predicted molar refractivity (Wildman–Crippen MR) is 173 cm³/mol. The van der Waals surface area contributed by atoms with Crippen LogP contribution >= 0.6 is 0 Å². The molecule has 0 unspecified atom stereocenters. The summed E-state index contributed by atoms with van der Waals surface area (Å²) in [5.74, 6) is -0.961. The van der Waals surface area contributed by atoms with Crippen molar-refractivity contribution in [2.24, 2.45) is 0 Å². The van der Waals surface area contributed by atoms with Crippen molar-refractivity contribution in [1.29, 1.82) is 0 Å². The number of piperidine rings is 1. The van der Waals surface area contributed by atoms with Gasteiger partial charge in [0, 0.05) is 47.6 Å². The standard InChI is InChI=1S/C36H41F2N3O5/c1-22(2)33-23(3)26(19-32(42)43-5)35-40-11-9-36(4,10-12-40)46-16-14-44-13-15-45-31-20-29(38)28(37)18-27(31)24-7-6-8-25(17-24)30-21-41(35)34(33)39-30/h6-8,17-18,20-22H,9-16,19H2,1-5H3. The first-order valence-electron chi connectivity index (χ1n) is 15.9. The van der Waals surface area contributed by atoms with Gasteiger partial charge in [-0.05, 0) is 55.9 Å². The number of benzene rings is 2. The highest BCUT2D eigenvalue weighted by Gasteiger charge is 2.34. The summed E-state index contributed by atoms with van der Waals surface area (Å²) in [4.78, 5) is 20.3. The molecule has 5 heterocycles. The first-order chi connectivity index (χ1) is 22.1. The summed E-state index contributed by atoms with van der Waals surface area (Å²) in [6.45, 7) is 11.2. The first kappa shape index (κ1) is 31.9. The van der Waals surface area contributed by atoms with Gasteiger partial charge in [0.2, 0.25) is 0 Å². The van der Waals surface area contributed by atoms with Crippen molar-refractivity contribution in [2.45, 2.75) is 58.5 Å². The van der Waals surface area contributed by atoms with Crippen LogP contribution < -0.4 is 9.64 Å². The van der Waals surface area contributed by atoms with E-state index >= 15 is 0 Å². The molecule has 0 N–H and O–H groups in total. The molecule has 6 bridgehead atoms. The van der Waals surface area contributed by atoms with Gasteiger partial charge in [0.05, 0.1) is 44.6 Å². The van der Waals surface area contributed by atoms with Gasteiger partial charge in [0.15, 0.2) is 11.6 Å². The molecule has 0 radical (unpaired) electrons. The number of imidazole rings is 1. The Balaban J connectivity index is 1.56. The Hall–Kier alpha value is -4.02. The Bertz CT molecular complexity index is 1760. The lowest BCUT2D eigenvalue weighted by atomic mass is 9.91. The fourth-order valence-corrected chi connectivity index (χ4v) is 6.69. The number of aromatic nitrogens is 2. The van der Waals surface area contributed by atoms with Crippen molar-refractivity contribution in [2.75, 3.05) is 51.5 Å². The number of hydrogen-bond acceptors (Lipinski definition) is 7. The summed E-state index contributed by atoms with van der Waals surface area (Å²) in [6, 6.07) is 9.82. The molecule has 0 spiro atoms. The largest absolute Gasteiger partial charge is 0.490 e. The number of hydrogen-bond donors (Lipinski definition) is 0. The highest BCUT2D eigenvalue weighted by molar-refractivity contribution is 5.80. The molecule has 8 nitrogen and oxygen atoms in total. The zero-order chi connectivity index (χ0) is 32.6. The molecule has 1 fully saturated rings. The zero-order valence-electron chi connectivity index (χ0n) is 27.1. The second kappa shape index (κ2) is 13.0. The van der Waals surface area contributed by atoms with E-state index in [-0.39, 0.29) is 42.9 Å². The van der Waals surface area contributed by atoms with Crippen LogP contribution in [0.2, 0.25) is 0 Å². The first-order valence-corrected chi connectivity index (χ1v) is 15.9. The maximum absolute atomic E-state index is 14.6. The van der Waals surface area contributed by atoms with Gasteiger partial charge in [-0.2, -0.15) is 0 Å². The molecule has 2 aromatic heterocycles. The van der Waals surface area contributed by atoms with Crippen molar-refractivity contribution in [3.05, 3.63) is 70.9 Å². The SMILES string of the molecule is COC(=O)Cc1c(C)c(C(C)C)c2nc3cn2c1N1CCC(C)(CC1)OCCOCCOc1cc(F)c(F)cc1-c1cccc-3c1. The molecule has 3 aliphatic rings. The molecule has 3 aliphatic heterocycles. The van der Waals surface area contributed by atoms with E-state index in [0.29, 0.717) is 24.3 Å². The van der Waals surface area contributed by atoms with E-state index < -0.39 is 11.6 Å². The van der Waals surface area contributed by atoms with Gasteiger partial charge in [-0.25, -0.2) is 13.8 Å². The van der Waals surface area contributed by atoms with Gasteiger partial charge >= 0.3 is 5.97 Å². The maximum atomic E-state index is 14.6. The Labute approximate surface area is 268 Å². The quantitative estimate of drug-likeness (QED) is 0.180. The molecular formula is C36H41F2N3O5. The van der Waals surface area contributed by atoms with E-state index in [9.17, 15) is 13.6 Å². The van der Waals surface area contributed by atoms with Crippen LogP contribution in [0.1, 0.15) is 56.2 Å². The number of anilines is 1. The summed E-state index contributed by atoms with van der Waals surface area (Å²) in [6.07, 6.45) is 3.74. The lowest BCUT2D eigenvalue weighted by Crippen LogP contribution is -2.45. The number of carbonyl (C=O) groups is 1. The molecular weight excluding hydrogens is 592 g/mol. The fourth-order valence-electron chi connectivity index (χ4n) is 6.69. The minimum Gasteiger partial charge on any atom is -0.490 e. The third-order valence-corrected chi connectivity index (χ3v) is 9.20. The summed E-state index contributed by atoms with van der Waals surface area (Å²) >= 11 is 0. The second-order valence-corrected chi connectivity index (χ2v) is 12.7. The Morgan fingerprint density at radius 3 is 2.50 bits per heavy atom. The van der Waals surface area contributed by atoms with Gasteiger partial charge in [0.1, 0.15) is 23.8 Å². The van der Waals surface area contributed by atoms with Crippen LogP contribution in [0.4, 0.5) is 14.6 Å². The Morgan fingerprint density at radius 1 is 1.04 bits per heavy atom. The molecule has 0 amide bonds. The maximum Gasteiger partial charge on any atom is 0.310 e. The summed E-state index contributed by atoms with van der Waals surface area (Å²) < 4.78 is 54.2. The summed E-state index contributed by atoms with van der Waals surface area (Å²) in [7, 11) is 1.41. The van der Waals surface area contributed by atoms with Crippen molar-refractivity contribution in [3.8, 4) is 28.1 Å². The normalized spacial score (nSPS) is 16.8. The molecule has 2 aromatic carbocycles. The molecule has 4 aromatic rings. The van der Waals surface area contributed by atoms with Gasteiger partial charge in [0.25, 0.3) is 0 Å². The smallest absolute Gasteiger partial charge is 0.310 e. The Morgan fingerprint density at radius 2 is 1.76 bits per heavy atom. The molecule has 0 atom stereocenters. The number of rotatable bonds is 3. The van der Waals surface area contributed by atoms with Crippen LogP contribution in [0.5, 0.6) is 5.75 Å². The van der Waals surface area contributed by atoms with E-state index in [4.69, 9.17) is 23.9 Å².